The van der Waals surface area contributed by atoms with E-state index < -0.39 is 6.61 Å². The minimum Gasteiger partial charge on any atom is -0.433 e. The molecule has 2 heterocycles. The van der Waals surface area contributed by atoms with Crippen LogP contribution in [0.15, 0.2) is 60.9 Å². The number of anilines is 1. The standard InChI is InChI=1S/C18H16F2N4O/c19-18(20)25-15-7-6-14(22-12-15)11-23-16-8-9-21-17(24-16)10-13-4-2-1-3-5-13/h1-9,12,18H,10-11H2,(H,21,23,24). The Hall–Kier alpha value is -3.09. The fourth-order valence-corrected chi connectivity index (χ4v) is 2.23. The molecule has 128 valence electrons. The number of benzene rings is 1. The second kappa shape index (κ2) is 8.14. The van der Waals surface area contributed by atoms with Gasteiger partial charge in [-0.2, -0.15) is 8.78 Å². The van der Waals surface area contributed by atoms with Crippen LogP contribution in [0.3, 0.4) is 0 Å². The Morgan fingerprint density at radius 3 is 2.56 bits per heavy atom. The molecule has 3 rings (SSSR count). The molecule has 7 heteroatoms. The summed E-state index contributed by atoms with van der Waals surface area (Å²) < 4.78 is 28.5. The van der Waals surface area contributed by atoms with E-state index >= 15 is 0 Å². The van der Waals surface area contributed by atoms with Crippen molar-refractivity contribution < 1.29 is 13.5 Å². The van der Waals surface area contributed by atoms with E-state index in [0.717, 1.165) is 5.56 Å². The first-order valence-electron chi connectivity index (χ1n) is 7.68. The van der Waals surface area contributed by atoms with Gasteiger partial charge in [0.15, 0.2) is 0 Å². The van der Waals surface area contributed by atoms with Crippen molar-refractivity contribution in [2.24, 2.45) is 0 Å². The van der Waals surface area contributed by atoms with Crippen molar-refractivity contribution in [3.63, 3.8) is 0 Å². The Morgan fingerprint density at radius 1 is 1.00 bits per heavy atom. The van der Waals surface area contributed by atoms with Crippen molar-refractivity contribution in [3.8, 4) is 5.75 Å². The van der Waals surface area contributed by atoms with E-state index in [9.17, 15) is 8.78 Å². The van der Waals surface area contributed by atoms with Crippen LogP contribution in [0.4, 0.5) is 14.6 Å². The average molecular weight is 342 g/mol. The van der Waals surface area contributed by atoms with Gasteiger partial charge in [0, 0.05) is 12.6 Å². The van der Waals surface area contributed by atoms with Crippen LogP contribution in [0.5, 0.6) is 5.75 Å². The quantitative estimate of drug-likeness (QED) is 0.710. The fraction of sp³-hybridized carbons (Fsp3) is 0.167. The molecule has 3 aromatic rings. The third-order valence-corrected chi connectivity index (χ3v) is 3.38. The lowest BCUT2D eigenvalue weighted by atomic mass is 10.1. The Morgan fingerprint density at radius 2 is 1.84 bits per heavy atom. The van der Waals surface area contributed by atoms with Crippen LogP contribution < -0.4 is 10.1 Å². The van der Waals surface area contributed by atoms with Gasteiger partial charge in [-0.25, -0.2) is 9.97 Å². The average Bonchev–Trinajstić information content (AvgIpc) is 2.62. The second-order valence-corrected chi connectivity index (χ2v) is 5.24. The summed E-state index contributed by atoms with van der Waals surface area (Å²) in [6.07, 6.45) is 3.61. The van der Waals surface area contributed by atoms with Crippen LogP contribution in [0.1, 0.15) is 17.1 Å². The highest BCUT2D eigenvalue weighted by Gasteiger charge is 2.05. The van der Waals surface area contributed by atoms with Crippen LogP contribution in [0.2, 0.25) is 0 Å². The van der Waals surface area contributed by atoms with Gasteiger partial charge in [0.1, 0.15) is 17.4 Å². The minimum atomic E-state index is -2.85. The molecule has 0 spiro atoms. The lowest BCUT2D eigenvalue weighted by molar-refractivity contribution is -0.0500. The molecule has 0 saturated carbocycles. The van der Waals surface area contributed by atoms with E-state index in [-0.39, 0.29) is 5.75 Å². The van der Waals surface area contributed by atoms with Crippen molar-refractivity contribution in [3.05, 3.63) is 78.0 Å². The number of nitrogens with one attached hydrogen (secondary N) is 1. The number of hydrogen-bond acceptors (Lipinski definition) is 5. The molecule has 1 N–H and O–H groups in total. The fourth-order valence-electron chi connectivity index (χ4n) is 2.23. The normalized spacial score (nSPS) is 10.7. The molecule has 25 heavy (non-hydrogen) atoms. The van der Waals surface area contributed by atoms with Gasteiger partial charge in [-0.05, 0) is 23.8 Å². The van der Waals surface area contributed by atoms with Gasteiger partial charge in [-0.1, -0.05) is 30.3 Å². The number of halogens is 2. The monoisotopic (exact) mass is 342 g/mol. The number of ether oxygens (including phenoxy) is 1. The van der Waals surface area contributed by atoms with Crippen molar-refractivity contribution in [2.45, 2.75) is 19.6 Å². The third kappa shape index (κ3) is 5.20. The Kier molecular flexibility index (Phi) is 5.46. The van der Waals surface area contributed by atoms with E-state index in [1.807, 2.05) is 30.3 Å². The number of alkyl halides is 2. The van der Waals surface area contributed by atoms with E-state index in [2.05, 4.69) is 25.0 Å². The molecule has 0 unspecified atom stereocenters. The van der Waals surface area contributed by atoms with Crippen molar-refractivity contribution in [2.75, 3.05) is 5.32 Å². The van der Waals surface area contributed by atoms with Gasteiger partial charge in [0.2, 0.25) is 0 Å². The SMILES string of the molecule is FC(F)Oc1ccc(CNc2ccnc(Cc3ccccc3)n2)nc1. The molecular weight excluding hydrogens is 326 g/mol. The summed E-state index contributed by atoms with van der Waals surface area (Å²) in [6.45, 7) is -2.44. The highest BCUT2D eigenvalue weighted by Crippen LogP contribution is 2.13. The van der Waals surface area contributed by atoms with Crippen LogP contribution in [0, 0.1) is 0 Å². The maximum absolute atomic E-state index is 12.1. The number of rotatable bonds is 7. The van der Waals surface area contributed by atoms with E-state index in [4.69, 9.17) is 0 Å². The van der Waals surface area contributed by atoms with Crippen molar-refractivity contribution >= 4 is 5.82 Å². The Labute approximate surface area is 143 Å². The molecule has 0 aliphatic heterocycles. The number of nitrogens with zero attached hydrogens (tertiary/aromatic N) is 3. The molecule has 1 aromatic carbocycles. The molecule has 0 aliphatic carbocycles. The van der Waals surface area contributed by atoms with Gasteiger partial charge in [0.05, 0.1) is 18.4 Å². The van der Waals surface area contributed by atoms with Gasteiger partial charge < -0.3 is 10.1 Å². The summed E-state index contributed by atoms with van der Waals surface area (Å²) >= 11 is 0. The van der Waals surface area contributed by atoms with Gasteiger partial charge >= 0.3 is 6.61 Å². The lowest BCUT2D eigenvalue weighted by Gasteiger charge is -2.08. The summed E-state index contributed by atoms with van der Waals surface area (Å²) in [5.41, 5.74) is 1.82. The summed E-state index contributed by atoms with van der Waals surface area (Å²) in [7, 11) is 0. The van der Waals surface area contributed by atoms with E-state index in [1.165, 1.54) is 12.3 Å². The van der Waals surface area contributed by atoms with Crippen LogP contribution >= 0.6 is 0 Å². The highest BCUT2D eigenvalue weighted by atomic mass is 19.3. The number of hydrogen-bond donors (Lipinski definition) is 1. The highest BCUT2D eigenvalue weighted by molar-refractivity contribution is 5.35. The molecule has 5 nitrogen and oxygen atoms in total. The molecule has 0 atom stereocenters. The predicted molar refractivity (Wildman–Crippen MR) is 89.5 cm³/mol. The Balaban J connectivity index is 1.59. The van der Waals surface area contributed by atoms with Crippen molar-refractivity contribution in [1.29, 1.82) is 0 Å². The lowest BCUT2D eigenvalue weighted by Crippen LogP contribution is -2.06. The van der Waals surface area contributed by atoms with Crippen LogP contribution in [-0.4, -0.2) is 21.6 Å². The second-order valence-electron chi connectivity index (χ2n) is 5.24. The first-order chi connectivity index (χ1) is 12.2. The first kappa shape index (κ1) is 16.8. The number of pyridine rings is 1. The summed E-state index contributed by atoms with van der Waals surface area (Å²) in [4.78, 5) is 12.8. The van der Waals surface area contributed by atoms with Gasteiger partial charge in [-0.15, -0.1) is 0 Å². The molecular formula is C18H16F2N4O. The third-order valence-electron chi connectivity index (χ3n) is 3.38. The first-order valence-corrected chi connectivity index (χ1v) is 7.68. The predicted octanol–water partition coefficient (Wildman–Crippen LogP) is 3.68. The minimum absolute atomic E-state index is 0.0333. The maximum Gasteiger partial charge on any atom is 0.387 e. The van der Waals surface area contributed by atoms with Crippen LogP contribution in [-0.2, 0) is 13.0 Å². The molecule has 2 aromatic heterocycles. The summed E-state index contributed by atoms with van der Waals surface area (Å²) in [5, 5.41) is 3.14. The maximum atomic E-state index is 12.1. The summed E-state index contributed by atoms with van der Waals surface area (Å²) in [6, 6.07) is 14.8. The zero-order chi connectivity index (χ0) is 17.5. The molecule has 0 fully saturated rings. The zero-order valence-electron chi connectivity index (χ0n) is 13.3. The molecule has 0 bridgehead atoms. The smallest absolute Gasteiger partial charge is 0.387 e. The molecule has 0 aliphatic rings. The van der Waals surface area contributed by atoms with E-state index in [0.29, 0.717) is 30.3 Å². The Bertz CT molecular complexity index is 798. The molecule has 0 amide bonds. The molecule has 0 radical (unpaired) electrons. The number of aromatic nitrogens is 3. The van der Waals surface area contributed by atoms with Gasteiger partial charge in [0.25, 0.3) is 0 Å². The largest absolute Gasteiger partial charge is 0.433 e. The van der Waals surface area contributed by atoms with Crippen LogP contribution in [0.25, 0.3) is 0 Å². The molecule has 0 saturated heterocycles. The van der Waals surface area contributed by atoms with E-state index in [1.54, 1.807) is 18.3 Å². The topological polar surface area (TPSA) is 59.9 Å². The van der Waals surface area contributed by atoms with Gasteiger partial charge in [-0.3, -0.25) is 4.98 Å². The van der Waals surface area contributed by atoms with Crippen molar-refractivity contribution in [1.82, 2.24) is 15.0 Å². The summed E-state index contributed by atoms with van der Waals surface area (Å²) in [5.74, 6) is 1.42. The zero-order valence-corrected chi connectivity index (χ0v) is 13.3.